The Hall–Kier alpha value is -3.56. The second-order valence-corrected chi connectivity index (χ2v) is 13.0. The lowest BCUT2D eigenvalue weighted by molar-refractivity contribution is -0.141. The van der Waals surface area contributed by atoms with Crippen LogP contribution in [-0.4, -0.2) is 50.4 Å². The van der Waals surface area contributed by atoms with Crippen LogP contribution in [0.4, 0.5) is 5.69 Å². The molecule has 0 aromatic heterocycles. The molecule has 0 heterocycles. The van der Waals surface area contributed by atoms with E-state index < -0.39 is 34.1 Å². The predicted octanol–water partition coefficient (Wildman–Crippen LogP) is 5.57. The number of ether oxygens (including phenoxy) is 1. The molecule has 1 atom stereocenters. The maximum absolute atomic E-state index is 14.2. The maximum Gasteiger partial charge on any atom is 0.264 e. The van der Waals surface area contributed by atoms with Crippen LogP contribution < -0.4 is 14.4 Å². The SMILES string of the molecule is CC[C@H](C(=O)NC(C)(C)C)N(Cc1ccccc1Cl)C(=O)CN(c1cc(C)ccc1OC)S(=O)(=O)c1ccccc1. The van der Waals surface area contributed by atoms with Crippen molar-refractivity contribution in [1.82, 2.24) is 10.2 Å². The van der Waals surface area contributed by atoms with E-state index in [1.54, 1.807) is 60.7 Å². The summed E-state index contributed by atoms with van der Waals surface area (Å²) < 4.78 is 34.6. The van der Waals surface area contributed by atoms with Gasteiger partial charge in [0.2, 0.25) is 11.8 Å². The molecule has 0 aliphatic carbocycles. The largest absolute Gasteiger partial charge is 0.495 e. The molecule has 0 saturated heterocycles. The van der Waals surface area contributed by atoms with E-state index in [1.165, 1.54) is 24.1 Å². The van der Waals surface area contributed by atoms with Crippen molar-refractivity contribution in [3.63, 3.8) is 0 Å². The summed E-state index contributed by atoms with van der Waals surface area (Å²) in [6.07, 6.45) is 0.303. The first-order chi connectivity index (χ1) is 19.3. The van der Waals surface area contributed by atoms with E-state index in [0.717, 1.165) is 9.87 Å². The lowest BCUT2D eigenvalue weighted by atomic mass is 10.1. The Kier molecular flexibility index (Phi) is 10.4. The summed E-state index contributed by atoms with van der Waals surface area (Å²) in [5, 5.41) is 3.39. The fourth-order valence-corrected chi connectivity index (χ4v) is 6.04. The van der Waals surface area contributed by atoms with Crippen LogP contribution in [-0.2, 0) is 26.2 Å². The van der Waals surface area contributed by atoms with Crippen LogP contribution in [0.1, 0.15) is 45.2 Å². The van der Waals surface area contributed by atoms with Crippen molar-refractivity contribution in [2.45, 2.75) is 64.1 Å². The third-order valence-electron chi connectivity index (χ3n) is 6.40. The minimum atomic E-state index is -4.22. The Morgan fingerprint density at radius 2 is 1.63 bits per heavy atom. The third-order valence-corrected chi connectivity index (χ3v) is 8.54. The molecule has 0 unspecified atom stereocenters. The highest BCUT2D eigenvalue weighted by molar-refractivity contribution is 7.92. The van der Waals surface area contributed by atoms with Crippen molar-refractivity contribution in [2.24, 2.45) is 0 Å². The smallest absolute Gasteiger partial charge is 0.264 e. The van der Waals surface area contributed by atoms with Crippen LogP contribution in [0.15, 0.2) is 77.7 Å². The minimum absolute atomic E-state index is 0.0127. The molecule has 41 heavy (non-hydrogen) atoms. The second kappa shape index (κ2) is 13.4. The quantitative estimate of drug-likeness (QED) is 0.311. The number of hydrogen-bond donors (Lipinski definition) is 1. The normalized spacial score (nSPS) is 12.4. The van der Waals surface area contributed by atoms with Gasteiger partial charge in [-0.25, -0.2) is 8.42 Å². The van der Waals surface area contributed by atoms with Gasteiger partial charge in [-0.15, -0.1) is 0 Å². The van der Waals surface area contributed by atoms with Crippen molar-refractivity contribution >= 4 is 39.1 Å². The van der Waals surface area contributed by atoms with E-state index in [9.17, 15) is 18.0 Å². The van der Waals surface area contributed by atoms with Gasteiger partial charge >= 0.3 is 0 Å². The van der Waals surface area contributed by atoms with Crippen molar-refractivity contribution in [2.75, 3.05) is 18.0 Å². The van der Waals surface area contributed by atoms with E-state index in [1.807, 2.05) is 34.6 Å². The van der Waals surface area contributed by atoms with E-state index >= 15 is 0 Å². The molecule has 0 spiro atoms. The summed E-state index contributed by atoms with van der Waals surface area (Å²) in [7, 11) is -2.77. The van der Waals surface area contributed by atoms with Crippen molar-refractivity contribution in [3.05, 3.63) is 88.9 Å². The van der Waals surface area contributed by atoms with Crippen LogP contribution in [0.3, 0.4) is 0 Å². The molecule has 0 bridgehead atoms. The third kappa shape index (κ3) is 8.01. The summed E-state index contributed by atoms with van der Waals surface area (Å²) in [6, 6.07) is 19.2. The first-order valence-corrected chi connectivity index (χ1v) is 15.2. The number of nitrogens with zero attached hydrogens (tertiary/aromatic N) is 2. The van der Waals surface area contributed by atoms with Crippen LogP contribution in [0.25, 0.3) is 0 Å². The van der Waals surface area contributed by atoms with Crippen molar-refractivity contribution in [1.29, 1.82) is 0 Å². The number of halogens is 1. The molecule has 8 nitrogen and oxygen atoms in total. The molecule has 0 aliphatic rings. The predicted molar refractivity (Wildman–Crippen MR) is 163 cm³/mol. The van der Waals surface area contributed by atoms with Gasteiger partial charge in [-0.2, -0.15) is 0 Å². The molecular weight excluding hydrogens is 562 g/mol. The zero-order chi connectivity index (χ0) is 30.4. The molecule has 1 N–H and O–H groups in total. The summed E-state index contributed by atoms with van der Waals surface area (Å²) in [5.74, 6) is -0.618. The highest BCUT2D eigenvalue weighted by Gasteiger charge is 2.35. The summed E-state index contributed by atoms with van der Waals surface area (Å²) in [5.41, 5.74) is 1.09. The zero-order valence-electron chi connectivity index (χ0n) is 24.3. The van der Waals surface area contributed by atoms with Crippen LogP contribution in [0.2, 0.25) is 5.02 Å². The summed E-state index contributed by atoms with van der Waals surface area (Å²) >= 11 is 6.46. The van der Waals surface area contributed by atoms with E-state index in [0.29, 0.717) is 17.0 Å². The van der Waals surface area contributed by atoms with Gasteiger partial charge in [0.25, 0.3) is 10.0 Å². The van der Waals surface area contributed by atoms with Crippen LogP contribution in [0.5, 0.6) is 5.75 Å². The lowest BCUT2D eigenvalue weighted by Crippen LogP contribution is -2.55. The molecule has 0 radical (unpaired) electrons. The zero-order valence-corrected chi connectivity index (χ0v) is 25.9. The number of nitrogens with one attached hydrogen (secondary N) is 1. The first-order valence-electron chi connectivity index (χ1n) is 13.4. The van der Waals surface area contributed by atoms with Crippen molar-refractivity contribution < 1.29 is 22.7 Å². The van der Waals surface area contributed by atoms with Gasteiger partial charge in [-0.05, 0) is 75.6 Å². The number of methoxy groups -OCH3 is 1. The van der Waals surface area contributed by atoms with Gasteiger partial charge in [-0.3, -0.25) is 13.9 Å². The number of carbonyl (C=O) groups excluding carboxylic acids is 2. The number of carbonyl (C=O) groups is 2. The van der Waals surface area contributed by atoms with E-state index in [-0.39, 0.29) is 28.8 Å². The van der Waals surface area contributed by atoms with Gasteiger partial charge in [0, 0.05) is 17.1 Å². The average Bonchev–Trinajstić information content (AvgIpc) is 2.92. The van der Waals surface area contributed by atoms with Gasteiger partial charge in [0.15, 0.2) is 0 Å². The summed E-state index contributed by atoms with van der Waals surface area (Å²) in [4.78, 5) is 29.1. The molecule has 0 saturated carbocycles. The Bertz CT molecular complexity index is 1470. The summed E-state index contributed by atoms with van der Waals surface area (Å²) in [6.45, 7) is 8.65. The lowest BCUT2D eigenvalue weighted by Gasteiger charge is -2.35. The van der Waals surface area contributed by atoms with Gasteiger partial charge < -0.3 is 15.0 Å². The molecule has 3 aromatic rings. The van der Waals surface area contributed by atoms with Gasteiger partial charge in [0.05, 0.1) is 17.7 Å². The maximum atomic E-state index is 14.2. The molecule has 3 aromatic carbocycles. The number of sulfonamides is 1. The standard InChI is InChI=1S/C31H38ClN3O5S/c1-7-26(30(37)33-31(3,4)5)34(20-23-13-11-12-16-25(23)32)29(36)21-35(27-19-22(2)17-18-28(27)40-6)41(38,39)24-14-9-8-10-15-24/h8-19,26H,7,20-21H2,1-6H3,(H,33,37)/t26-/m1/s1. The average molecular weight is 600 g/mol. The number of hydrogen-bond acceptors (Lipinski definition) is 5. The number of aryl methyl sites for hydroxylation is 1. The van der Waals surface area contributed by atoms with Crippen LogP contribution in [0, 0.1) is 6.92 Å². The van der Waals surface area contributed by atoms with E-state index in [4.69, 9.17) is 16.3 Å². The number of amides is 2. The molecule has 3 rings (SSSR count). The molecule has 0 aliphatic heterocycles. The Balaban J connectivity index is 2.14. The Labute approximate surface area is 248 Å². The second-order valence-electron chi connectivity index (χ2n) is 10.8. The topological polar surface area (TPSA) is 96.0 Å². The number of anilines is 1. The first kappa shape index (κ1) is 32.0. The monoisotopic (exact) mass is 599 g/mol. The van der Waals surface area contributed by atoms with E-state index in [2.05, 4.69) is 5.32 Å². The van der Waals surface area contributed by atoms with Crippen LogP contribution >= 0.6 is 11.6 Å². The number of rotatable bonds is 11. The highest BCUT2D eigenvalue weighted by Crippen LogP contribution is 2.34. The molecule has 10 heteroatoms. The Morgan fingerprint density at radius 1 is 1.00 bits per heavy atom. The molecule has 2 amide bonds. The minimum Gasteiger partial charge on any atom is -0.495 e. The van der Waals surface area contributed by atoms with Gasteiger partial charge in [-0.1, -0.05) is 61.0 Å². The highest BCUT2D eigenvalue weighted by atomic mass is 35.5. The fraction of sp³-hybridized carbons (Fsp3) is 0.355. The molecular formula is C31H38ClN3O5S. The van der Waals surface area contributed by atoms with Gasteiger partial charge in [0.1, 0.15) is 18.3 Å². The molecule has 0 fully saturated rings. The fourth-order valence-electron chi connectivity index (χ4n) is 4.41. The number of benzene rings is 3. The Morgan fingerprint density at radius 3 is 2.22 bits per heavy atom. The van der Waals surface area contributed by atoms with Crippen molar-refractivity contribution in [3.8, 4) is 5.75 Å². The molecule has 220 valence electrons.